The fourth-order valence-corrected chi connectivity index (χ4v) is 4.25. The molecule has 2 aromatic carbocycles. The van der Waals surface area contributed by atoms with E-state index in [1.165, 1.54) is 38.5 Å². The van der Waals surface area contributed by atoms with Gasteiger partial charge in [0.25, 0.3) is 10.0 Å². The van der Waals surface area contributed by atoms with Crippen molar-refractivity contribution in [2.45, 2.75) is 4.90 Å². The van der Waals surface area contributed by atoms with Gasteiger partial charge in [0.15, 0.2) is 11.5 Å². The number of carboxylic acid groups (broad SMARTS) is 1. The fraction of sp³-hybridized carbons (Fsp3) is 0.188. The zero-order valence-electron chi connectivity index (χ0n) is 13.5. The zero-order valence-corrected chi connectivity index (χ0v) is 15.9. The van der Waals surface area contributed by atoms with E-state index in [-0.39, 0.29) is 16.3 Å². The van der Waals surface area contributed by atoms with Gasteiger partial charge < -0.3 is 14.6 Å². The van der Waals surface area contributed by atoms with Crippen LogP contribution in [0.3, 0.4) is 0 Å². The van der Waals surface area contributed by atoms with Gasteiger partial charge in [0.2, 0.25) is 0 Å². The summed E-state index contributed by atoms with van der Waals surface area (Å²) in [6, 6.07) is 10.6. The molecular weight excluding hydrogens is 414 g/mol. The molecule has 9 heteroatoms. The predicted molar refractivity (Wildman–Crippen MR) is 95.9 cm³/mol. The number of hydrogen-bond donors (Lipinski definition) is 1. The van der Waals surface area contributed by atoms with Crippen LogP contribution in [0, 0.1) is 0 Å². The maximum Gasteiger partial charge on any atom is 0.324 e. The van der Waals surface area contributed by atoms with Crippen molar-refractivity contribution in [1.82, 2.24) is 0 Å². The largest absolute Gasteiger partial charge is 0.493 e. The first-order valence-electron chi connectivity index (χ1n) is 7.02. The standard InChI is InChI=1S/C16H16BrNO6S/c1-23-14-8-7-11(9-15(14)24-2)25(21,22)18(10-16(19)20)13-6-4-3-5-12(13)17/h3-9H,10H2,1-2H3,(H,19,20). The number of benzene rings is 2. The van der Waals surface area contributed by atoms with Crippen molar-refractivity contribution < 1.29 is 27.8 Å². The summed E-state index contributed by atoms with van der Waals surface area (Å²) in [5.74, 6) is -0.682. The molecule has 25 heavy (non-hydrogen) atoms. The number of rotatable bonds is 7. The van der Waals surface area contributed by atoms with Gasteiger partial charge in [-0.3, -0.25) is 9.10 Å². The number of carbonyl (C=O) groups is 1. The summed E-state index contributed by atoms with van der Waals surface area (Å²) < 4.78 is 37.6. The Kier molecular flexibility index (Phi) is 5.91. The third kappa shape index (κ3) is 4.05. The van der Waals surface area contributed by atoms with Crippen LogP contribution in [0.5, 0.6) is 11.5 Å². The molecule has 2 aromatic rings. The van der Waals surface area contributed by atoms with Crippen LogP contribution < -0.4 is 13.8 Å². The van der Waals surface area contributed by atoms with Crippen LogP contribution in [-0.2, 0) is 14.8 Å². The Morgan fingerprint density at radius 2 is 1.76 bits per heavy atom. The number of carboxylic acids is 1. The van der Waals surface area contributed by atoms with Gasteiger partial charge in [-0.05, 0) is 40.2 Å². The number of para-hydroxylation sites is 1. The van der Waals surface area contributed by atoms with Gasteiger partial charge in [-0.15, -0.1) is 0 Å². The van der Waals surface area contributed by atoms with Crippen LogP contribution in [0.15, 0.2) is 51.8 Å². The topological polar surface area (TPSA) is 93.1 Å². The smallest absolute Gasteiger partial charge is 0.324 e. The average Bonchev–Trinajstić information content (AvgIpc) is 2.59. The van der Waals surface area contributed by atoms with E-state index in [4.69, 9.17) is 14.6 Å². The number of methoxy groups -OCH3 is 2. The Balaban J connectivity index is 2.60. The molecule has 0 fully saturated rings. The summed E-state index contributed by atoms with van der Waals surface area (Å²) in [4.78, 5) is 11.1. The molecule has 0 aliphatic heterocycles. The second kappa shape index (κ2) is 7.75. The lowest BCUT2D eigenvalue weighted by Crippen LogP contribution is -2.36. The van der Waals surface area contributed by atoms with Crippen LogP contribution in [0.1, 0.15) is 0 Å². The van der Waals surface area contributed by atoms with Crippen molar-refractivity contribution in [2.24, 2.45) is 0 Å². The Bertz CT molecular complexity index is 884. The molecule has 0 saturated heterocycles. The molecule has 7 nitrogen and oxygen atoms in total. The number of hydrogen-bond acceptors (Lipinski definition) is 5. The minimum atomic E-state index is -4.14. The second-order valence-corrected chi connectivity index (χ2v) is 7.59. The van der Waals surface area contributed by atoms with Crippen molar-refractivity contribution in [2.75, 3.05) is 25.1 Å². The monoisotopic (exact) mass is 429 g/mol. The molecule has 0 spiro atoms. The van der Waals surface area contributed by atoms with E-state index in [0.717, 1.165) is 4.31 Å². The van der Waals surface area contributed by atoms with E-state index in [1.54, 1.807) is 18.2 Å². The van der Waals surface area contributed by atoms with Crippen LogP contribution in [0.4, 0.5) is 5.69 Å². The lowest BCUT2D eigenvalue weighted by Gasteiger charge is -2.24. The first-order chi connectivity index (χ1) is 11.8. The first kappa shape index (κ1) is 19.1. The molecule has 0 heterocycles. The molecule has 0 aliphatic rings. The molecule has 2 rings (SSSR count). The Hall–Kier alpha value is -2.26. The highest BCUT2D eigenvalue weighted by molar-refractivity contribution is 9.10. The van der Waals surface area contributed by atoms with Crippen LogP contribution >= 0.6 is 15.9 Å². The van der Waals surface area contributed by atoms with Crippen LogP contribution in [0.25, 0.3) is 0 Å². The van der Waals surface area contributed by atoms with E-state index >= 15 is 0 Å². The summed E-state index contributed by atoms with van der Waals surface area (Å²) in [5, 5.41) is 9.16. The summed E-state index contributed by atoms with van der Waals surface area (Å²) >= 11 is 3.26. The quantitative estimate of drug-likeness (QED) is 0.726. The van der Waals surface area contributed by atoms with Gasteiger partial charge in [0.05, 0.1) is 24.8 Å². The molecule has 0 atom stereocenters. The summed E-state index contributed by atoms with van der Waals surface area (Å²) in [6.07, 6.45) is 0. The van der Waals surface area contributed by atoms with E-state index in [0.29, 0.717) is 10.2 Å². The van der Waals surface area contributed by atoms with Gasteiger partial charge in [-0.25, -0.2) is 8.42 Å². The second-order valence-electron chi connectivity index (χ2n) is 4.87. The van der Waals surface area contributed by atoms with Gasteiger partial charge in [-0.2, -0.15) is 0 Å². The van der Waals surface area contributed by atoms with E-state index in [2.05, 4.69) is 15.9 Å². The average molecular weight is 430 g/mol. The van der Waals surface area contributed by atoms with Gasteiger partial charge in [0, 0.05) is 10.5 Å². The maximum atomic E-state index is 13.0. The number of nitrogens with zero attached hydrogens (tertiary/aromatic N) is 1. The van der Waals surface area contributed by atoms with Crippen LogP contribution in [-0.4, -0.2) is 40.3 Å². The number of ether oxygens (including phenoxy) is 2. The summed E-state index contributed by atoms with van der Waals surface area (Å²) in [7, 11) is -1.32. The minimum Gasteiger partial charge on any atom is -0.493 e. The highest BCUT2D eigenvalue weighted by Gasteiger charge is 2.29. The Morgan fingerprint density at radius 1 is 1.12 bits per heavy atom. The lowest BCUT2D eigenvalue weighted by atomic mass is 10.3. The van der Waals surface area contributed by atoms with Crippen molar-refractivity contribution >= 4 is 37.6 Å². The third-order valence-corrected chi connectivity index (χ3v) is 5.77. The third-order valence-electron chi connectivity index (χ3n) is 3.34. The summed E-state index contributed by atoms with van der Waals surface area (Å²) in [5.41, 5.74) is 0.222. The number of aliphatic carboxylic acids is 1. The van der Waals surface area contributed by atoms with E-state index in [9.17, 15) is 13.2 Å². The molecular formula is C16H16BrNO6S. The van der Waals surface area contributed by atoms with Crippen molar-refractivity contribution in [3.63, 3.8) is 0 Å². The molecule has 0 radical (unpaired) electrons. The Labute approximate surface area is 154 Å². The highest BCUT2D eigenvalue weighted by atomic mass is 79.9. The fourth-order valence-electron chi connectivity index (χ4n) is 2.18. The normalized spacial score (nSPS) is 11.0. The van der Waals surface area contributed by atoms with Gasteiger partial charge in [0.1, 0.15) is 6.54 Å². The van der Waals surface area contributed by atoms with Gasteiger partial charge in [-0.1, -0.05) is 12.1 Å². The first-order valence-corrected chi connectivity index (χ1v) is 9.25. The molecule has 0 aliphatic carbocycles. The zero-order chi connectivity index (χ0) is 18.6. The lowest BCUT2D eigenvalue weighted by molar-refractivity contribution is -0.135. The number of halogens is 1. The van der Waals surface area contributed by atoms with Gasteiger partial charge >= 0.3 is 5.97 Å². The molecule has 0 amide bonds. The number of anilines is 1. The minimum absolute atomic E-state index is 0.109. The van der Waals surface area contributed by atoms with Crippen molar-refractivity contribution in [1.29, 1.82) is 0 Å². The number of sulfonamides is 1. The predicted octanol–water partition coefficient (Wildman–Crippen LogP) is 2.75. The highest BCUT2D eigenvalue weighted by Crippen LogP contribution is 2.34. The summed E-state index contributed by atoms with van der Waals surface area (Å²) in [6.45, 7) is -0.723. The van der Waals surface area contributed by atoms with E-state index < -0.39 is 22.5 Å². The molecule has 0 saturated carbocycles. The van der Waals surface area contributed by atoms with Crippen LogP contribution in [0.2, 0.25) is 0 Å². The molecule has 134 valence electrons. The van der Waals surface area contributed by atoms with Crippen molar-refractivity contribution in [3.05, 3.63) is 46.9 Å². The molecule has 0 aromatic heterocycles. The molecule has 1 N–H and O–H groups in total. The van der Waals surface area contributed by atoms with E-state index in [1.807, 2.05) is 0 Å². The Morgan fingerprint density at radius 3 is 2.32 bits per heavy atom. The SMILES string of the molecule is COc1ccc(S(=O)(=O)N(CC(=O)O)c2ccccc2Br)cc1OC. The van der Waals surface area contributed by atoms with Crippen molar-refractivity contribution in [3.8, 4) is 11.5 Å². The molecule has 0 unspecified atom stereocenters. The maximum absolute atomic E-state index is 13.0. The molecule has 0 bridgehead atoms.